The molecule has 0 saturated heterocycles. The summed E-state index contributed by atoms with van der Waals surface area (Å²) >= 11 is 0. The van der Waals surface area contributed by atoms with Gasteiger partial charge in [-0.3, -0.25) is 4.79 Å². The van der Waals surface area contributed by atoms with E-state index in [0.717, 1.165) is 6.66 Å². The maximum Gasteiger partial charge on any atom is 0.556 e. The summed E-state index contributed by atoms with van der Waals surface area (Å²) < 4.78 is 14.2. The van der Waals surface area contributed by atoms with Crippen LogP contribution in [0.2, 0.25) is 0 Å². The monoisotopic (exact) mass is 175 g/mol. The summed E-state index contributed by atoms with van der Waals surface area (Å²) in [5.74, 6) is -1.03. The summed E-state index contributed by atoms with van der Waals surface area (Å²) in [5.41, 5.74) is 0. The molecular formula is C5H4O5P+. The molecule has 0 saturated carbocycles. The van der Waals surface area contributed by atoms with Crippen LogP contribution < -0.4 is 0 Å². The van der Waals surface area contributed by atoms with E-state index in [2.05, 4.69) is 4.52 Å². The van der Waals surface area contributed by atoms with Crippen molar-refractivity contribution in [1.29, 1.82) is 0 Å². The Bertz CT molecular complexity index is 258. The summed E-state index contributed by atoms with van der Waals surface area (Å²) in [6.07, 6.45) is 1.23. The molecule has 0 spiro atoms. The normalized spacial score (nSPS) is 9.00. The Hall–Kier alpha value is -1.40. The zero-order valence-corrected chi connectivity index (χ0v) is 6.42. The lowest BCUT2D eigenvalue weighted by Crippen LogP contribution is -2.11. The highest BCUT2D eigenvalue weighted by atomic mass is 31.1. The Kier molecular flexibility index (Phi) is 3.86. The third-order valence-corrected chi connectivity index (χ3v) is 0.989. The van der Waals surface area contributed by atoms with Gasteiger partial charge < -0.3 is 5.11 Å². The second-order valence-electron chi connectivity index (χ2n) is 1.38. The second kappa shape index (κ2) is 4.42. The van der Waals surface area contributed by atoms with Crippen LogP contribution in [-0.4, -0.2) is 23.5 Å². The van der Waals surface area contributed by atoms with Crippen molar-refractivity contribution < 1.29 is 23.8 Å². The number of Topliss-reactive ketones (excluding diaryl/α,β-unsaturated/α-hetero) is 1. The Morgan fingerprint density at radius 1 is 1.55 bits per heavy atom. The van der Waals surface area contributed by atoms with E-state index in [9.17, 15) is 14.2 Å². The fourth-order valence-electron chi connectivity index (χ4n) is 0.260. The SMILES string of the molecule is C[P+](=O)OC(=O)C(=O)C#CO. The van der Waals surface area contributed by atoms with Gasteiger partial charge in [0.15, 0.2) is 6.66 Å². The van der Waals surface area contributed by atoms with E-state index in [1.54, 1.807) is 0 Å². The van der Waals surface area contributed by atoms with Crippen LogP contribution in [0.5, 0.6) is 0 Å². The molecule has 0 aliphatic carbocycles. The van der Waals surface area contributed by atoms with E-state index in [4.69, 9.17) is 5.11 Å². The number of ketones is 1. The van der Waals surface area contributed by atoms with E-state index in [1.807, 2.05) is 0 Å². The summed E-state index contributed by atoms with van der Waals surface area (Å²) in [4.78, 5) is 20.7. The van der Waals surface area contributed by atoms with E-state index in [1.165, 1.54) is 12.0 Å². The molecule has 5 nitrogen and oxygen atoms in total. The van der Waals surface area contributed by atoms with Gasteiger partial charge >= 0.3 is 19.8 Å². The minimum absolute atomic E-state index is 1.12. The third-order valence-electron chi connectivity index (χ3n) is 0.566. The number of hydrogen-bond donors (Lipinski definition) is 1. The van der Waals surface area contributed by atoms with Crippen LogP contribution in [0.15, 0.2) is 0 Å². The lowest BCUT2D eigenvalue weighted by atomic mass is 10.4. The molecule has 0 aliphatic rings. The molecule has 1 atom stereocenters. The van der Waals surface area contributed by atoms with Gasteiger partial charge in [0.05, 0.1) is 0 Å². The van der Waals surface area contributed by atoms with Gasteiger partial charge in [-0.1, -0.05) is 0 Å². The van der Waals surface area contributed by atoms with Gasteiger partial charge in [-0.05, 0) is 4.57 Å². The highest BCUT2D eigenvalue weighted by molar-refractivity contribution is 7.39. The molecule has 6 heteroatoms. The molecule has 0 aliphatic heterocycles. The first kappa shape index (κ1) is 9.60. The van der Waals surface area contributed by atoms with Crippen LogP contribution >= 0.6 is 8.03 Å². The smallest absolute Gasteiger partial charge is 0.462 e. The van der Waals surface area contributed by atoms with Gasteiger partial charge in [-0.15, -0.1) is 0 Å². The average molecular weight is 175 g/mol. The summed E-state index contributed by atoms with van der Waals surface area (Å²) in [6.45, 7) is 1.12. The standard InChI is InChI=1S/C5H3O5P/c1-11(9)10-5(8)4(7)2-3-6/h1H3/p+1. The van der Waals surface area contributed by atoms with E-state index >= 15 is 0 Å². The lowest BCUT2D eigenvalue weighted by Gasteiger charge is -1.80. The van der Waals surface area contributed by atoms with Gasteiger partial charge in [0.25, 0.3) is 0 Å². The fourth-order valence-corrected chi connectivity index (χ4v) is 0.576. The van der Waals surface area contributed by atoms with Crippen LogP contribution in [0.4, 0.5) is 0 Å². The first-order valence-electron chi connectivity index (χ1n) is 2.40. The number of hydrogen-bond acceptors (Lipinski definition) is 5. The predicted molar refractivity (Wildman–Crippen MR) is 34.3 cm³/mol. The maximum absolute atomic E-state index is 10.4. The number of carbonyl (C=O) groups excluding carboxylic acids is 2. The van der Waals surface area contributed by atoms with Crippen molar-refractivity contribution in [1.82, 2.24) is 0 Å². The molecule has 0 fully saturated rings. The zero-order valence-electron chi connectivity index (χ0n) is 5.53. The highest BCUT2D eigenvalue weighted by Crippen LogP contribution is 2.14. The van der Waals surface area contributed by atoms with E-state index in [-0.39, 0.29) is 0 Å². The first-order valence-corrected chi connectivity index (χ1v) is 4.02. The van der Waals surface area contributed by atoms with E-state index in [0.29, 0.717) is 0 Å². The summed E-state index contributed by atoms with van der Waals surface area (Å²) in [5, 5.41) is 7.86. The molecule has 0 aromatic heterocycles. The molecule has 0 bridgehead atoms. The minimum Gasteiger partial charge on any atom is -0.462 e. The molecule has 0 amide bonds. The van der Waals surface area contributed by atoms with Crippen molar-refractivity contribution >= 4 is 19.8 Å². The molecule has 0 radical (unpaired) electrons. The molecule has 0 aromatic rings. The summed E-state index contributed by atoms with van der Waals surface area (Å²) in [7, 11) is -2.15. The molecule has 0 rings (SSSR count). The topological polar surface area (TPSA) is 80.7 Å². The quantitative estimate of drug-likeness (QED) is 0.357. The number of aliphatic hydroxyl groups is 1. The Balaban J connectivity index is 4.12. The first-order chi connectivity index (χ1) is 5.07. The fraction of sp³-hybridized carbons (Fsp3) is 0.200. The largest absolute Gasteiger partial charge is 0.556 e. The number of aliphatic hydroxyl groups excluding tert-OH is 1. The maximum atomic E-state index is 10.4. The molecule has 58 valence electrons. The van der Waals surface area contributed by atoms with Crippen molar-refractivity contribution in [2.24, 2.45) is 0 Å². The van der Waals surface area contributed by atoms with Gasteiger partial charge in [0, 0.05) is 5.92 Å². The van der Waals surface area contributed by atoms with Crippen molar-refractivity contribution in [3.8, 4) is 12.0 Å². The zero-order chi connectivity index (χ0) is 8.85. The van der Waals surface area contributed by atoms with Gasteiger partial charge in [-0.2, -0.15) is 0 Å². The van der Waals surface area contributed by atoms with Crippen LogP contribution in [-0.2, 0) is 18.7 Å². The Labute approximate surface area is 63.2 Å². The molecule has 11 heavy (non-hydrogen) atoms. The molecule has 1 unspecified atom stereocenters. The predicted octanol–water partition coefficient (Wildman–Crippen LogP) is -0.196. The van der Waals surface area contributed by atoms with Gasteiger partial charge in [0.2, 0.25) is 0 Å². The van der Waals surface area contributed by atoms with Crippen molar-refractivity contribution in [3.63, 3.8) is 0 Å². The van der Waals surface area contributed by atoms with Crippen LogP contribution in [0.1, 0.15) is 0 Å². The van der Waals surface area contributed by atoms with Gasteiger partial charge in [-0.25, -0.2) is 9.32 Å². The highest BCUT2D eigenvalue weighted by Gasteiger charge is 2.22. The van der Waals surface area contributed by atoms with Gasteiger partial charge in [0.1, 0.15) is 6.11 Å². The van der Waals surface area contributed by atoms with Crippen LogP contribution in [0.3, 0.4) is 0 Å². The Morgan fingerprint density at radius 2 is 2.09 bits per heavy atom. The van der Waals surface area contributed by atoms with Crippen molar-refractivity contribution in [2.75, 3.05) is 6.66 Å². The number of rotatable bonds is 2. The molecule has 1 N–H and O–H groups in total. The number of carbonyl (C=O) groups is 2. The lowest BCUT2D eigenvalue weighted by molar-refractivity contribution is -0.143. The van der Waals surface area contributed by atoms with Crippen molar-refractivity contribution in [2.45, 2.75) is 0 Å². The minimum atomic E-state index is -2.15. The second-order valence-corrected chi connectivity index (χ2v) is 2.45. The van der Waals surface area contributed by atoms with Crippen LogP contribution in [0, 0.1) is 12.0 Å². The molecule has 0 aromatic carbocycles. The van der Waals surface area contributed by atoms with E-state index < -0.39 is 19.8 Å². The van der Waals surface area contributed by atoms with Crippen LogP contribution in [0.25, 0.3) is 0 Å². The third kappa shape index (κ3) is 4.06. The van der Waals surface area contributed by atoms with Crippen molar-refractivity contribution in [3.05, 3.63) is 0 Å². The molecule has 0 heterocycles. The molecular weight excluding hydrogens is 171 g/mol. The average Bonchev–Trinajstić information content (AvgIpc) is 1.86. The summed E-state index contributed by atoms with van der Waals surface area (Å²) in [6, 6.07) is 0. The Morgan fingerprint density at radius 3 is 2.45 bits per heavy atom.